The SMILES string of the molecule is O=C(O)c1cccc2c1Cc1c-2oc2ccc(Br)cc12. The molecule has 3 aromatic rings. The van der Waals surface area contributed by atoms with E-state index in [0.717, 1.165) is 37.9 Å². The quantitative estimate of drug-likeness (QED) is 0.561. The molecule has 1 N–H and O–H groups in total. The molecule has 98 valence electrons. The molecule has 1 aliphatic carbocycles. The van der Waals surface area contributed by atoms with E-state index in [0.29, 0.717) is 12.0 Å². The highest BCUT2D eigenvalue weighted by molar-refractivity contribution is 9.10. The minimum atomic E-state index is -0.891. The molecule has 0 radical (unpaired) electrons. The van der Waals surface area contributed by atoms with Gasteiger partial charge in [0.2, 0.25) is 0 Å². The molecule has 0 aliphatic heterocycles. The third-order valence-electron chi connectivity index (χ3n) is 3.76. The zero-order chi connectivity index (χ0) is 13.9. The first-order chi connectivity index (χ1) is 9.65. The Balaban J connectivity index is 2.03. The molecule has 0 saturated carbocycles. The number of benzene rings is 2. The first-order valence-electron chi connectivity index (χ1n) is 6.21. The molecule has 0 fully saturated rings. The third-order valence-corrected chi connectivity index (χ3v) is 4.25. The summed E-state index contributed by atoms with van der Waals surface area (Å²) >= 11 is 3.46. The second kappa shape index (κ2) is 3.96. The molecule has 4 heteroatoms. The van der Waals surface area contributed by atoms with Crippen LogP contribution in [0.5, 0.6) is 0 Å². The maximum atomic E-state index is 11.3. The van der Waals surface area contributed by atoms with Crippen molar-refractivity contribution in [1.82, 2.24) is 0 Å². The van der Waals surface area contributed by atoms with Crippen LogP contribution >= 0.6 is 15.9 Å². The number of carbonyl (C=O) groups is 1. The molecule has 4 rings (SSSR count). The normalized spacial score (nSPS) is 12.4. The number of halogens is 1. The lowest BCUT2D eigenvalue weighted by atomic mass is 10.0. The molecule has 0 unspecified atom stereocenters. The van der Waals surface area contributed by atoms with Crippen LogP contribution in [-0.2, 0) is 6.42 Å². The van der Waals surface area contributed by atoms with Crippen LogP contribution in [0.2, 0.25) is 0 Å². The Bertz CT molecular complexity index is 877. The van der Waals surface area contributed by atoms with Gasteiger partial charge in [0.1, 0.15) is 11.3 Å². The number of fused-ring (bicyclic) bond motifs is 5. The van der Waals surface area contributed by atoms with Crippen LogP contribution in [0.4, 0.5) is 0 Å². The summed E-state index contributed by atoms with van der Waals surface area (Å²) in [6.07, 6.45) is 0.608. The number of hydrogen-bond acceptors (Lipinski definition) is 2. The van der Waals surface area contributed by atoms with Crippen LogP contribution in [-0.4, -0.2) is 11.1 Å². The molecule has 1 heterocycles. The van der Waals surface area contributed by atoms with Crippen LogP contribution in [0.25, 0.3) is 22.3 Å². The molecule has 1 aromatic heterocycles. The van der Waals surface area contributed by atoms with E-state index in [9.17, 15) is 9.90 Å². The fourth-order valence-electron chi connectivity index (χ4n) is 2.88. The van der Waals surface area contributed by atoms with Crippen molar-refractivity contribution >= 4 is 32.9 Å². The molecule has 0 atom stereocenters. The summed E-state index contributed by atoms with van der Waals surface area (Å²) in [7, 11) is 0. The topological polar surface area (TPSA) is 50.4 Å². The summed E-state index contributed by atoms with van der Waals surface area (Å²) in [6, 6.07) is 11.2. The zero-order valence-electron chi connectivity index (χ0n) is 10.3. The van der Waals surface area contributed by atoms with Gasteiger partial charge in [-0.15, -0.1) is 0 Å². The van der Waals surface area contributed by atoms with E-state index in [-0.39, 0.29) is 0 Å². The van der Waals surface area contributed by atoms with E-state index in [1.807, 2.05) is 24.3 Å². The molecule has 0 saturated heterocycles. The van der Waals surface area contributed by atoms with Gasteiger partial charge in [-0.1, -0.05) is 28.1 Å². The lowest BCUT2D eigenvalue weighted by Crippen LogP contribution is -2.01. The summed E-state index contributed by atoms with van der Waals surface area (Å²) in [5, 5.41) is 10.3. The van der Waals surface area contributed by atoms with E-state index in [1.165, 1.54) is 0 Å². The number of hydrogen-bond donors (Lipinski definition) is 1. The number of furan rings is 1. The Morgan fingerprint density at radius 1 is 1.20 bits per heavy atom. The largest absolute Gasteiger partial charge is 0.478 e. The average Bonchev–Trinajstić information content (AvgIpc) is 2.94. The van der Waals surface area contributed by atoms with Crippen molar-refractivity contribution in [3.8, 4) is 11.3 Å². The molecular formula is C16H9BrO3. The van der Waals surface area contributed by atoms with Gasteiger partial charge < -0.3 is 9.52 Å². The fourth-order valence-corrected chi connectivity index (χ4v) is 3.24. The fraction of sp³-hybridized carbons (Fsp3) is 0.0625. The Labute approximate surface area is 123 Å². The lowest BCUT2D eigenvalue weighted by molar-refractivity contribution is 0.0696. The Hall–Kier alpha value is -2.07. The Morgan fingerprint density at radius 3 is 2.85 bits per heavy atom. The highest BCUT2D eigenvalue weighted by Crippen LogP contribution is 2.44. The van der Waals surface area contributed by atoms with Crippen LogP contribution in [0.15, 0.2) is 45.3 Å². The maximum Gasteiger partial charge on any atom is 0.335 e. The van der Waals surface area contributed by atoms with Gasteiger partial charge in [-0.2, -0.15) is 0 Å². The molecule has 20 heavy (non-hydrogen) atoms. The van der Waals surface area contributed by atoms with Gasteiger partial charge in [0.15, 0.2) is 0 Å². The molecule has 3 nitrogen and oxygen atoms in total. The predicted molar refractivity (Wildman–Crippen MR) is 79.1 cm³/mol. The standard InChI is InChI=1S/C16H9BrO3/c17-8-4-5-14-12(6-8)13-7-11-9(15(13)20-14)2-1-3-10(11)16(18)19/h1-6H,7H2,(H,18,19). The number of carboxylic acids is 1. The van der Waals surface area contributed by atoms with E-state index >= 15 is 0 Å². The zero-order valence-corrected chi connectivity index (χ0v) is 11.9. The molecule has 0 amide bonds. The summed E-state index contributed by atoms with van der Waals surface area (Å²) in [4.78, 5) is 11.3. The van der Waals surface area contributed by atoms with Crippen molar-refractivity contribution in [2.24, 2.45) is 0 Å². The summed E-state index contributed by atoms with van der Waals surface area (Å²) in [5.41, 5.74) is 4.01. The predicted octanol–water partition coefficient (Wildman–Crippen LogP) is 4.46. The Morgan fingerprint density at radius 2 is 2.05 bits per heavy atom. The monoisotopic (exact) mass is 328 g/mol. The van der Waals surface area contributed by atoms with Gasteiger partial charge in [0.05, 0.1) is 5.56 Å². The molecular weight excluding hydrogens is 320 g/mol. The summed E-state index contributed by atoms with van der Waals surface area (Å²) < 4.78 is 6.90. The van der Waals surface area contributed by atoms with E-state index in [2.05, 4.69) is 15.9 Å². The summed E-state index contributed by atoms with van der Waals surface area (Å²) in [6.45, 7) is 0. The Kier molecular flexibility index (Phi) is 2.32. The van der Waals surface area contributed by atoms with Crippen molar-refractivity contribution in [3.05, 3.63) is 57.6 Å². The van der Waals surface area contributed by atoms with Gasteiger partial charge >= 0.3 is 5.97 Å². The minimum absolute atomic E-state index is 0.358. The van der Waals surface area contributed by atoms with Gasteiger partial charge in [0.25, 0.3) is 0 Å². The number of aromatic carboxylic acids is 1. The van der Waals surface area contributed by atoms with Crippen molar-refractivity contribution < 1.29 is 14.3 Å². The van der Waals surface area contributed by atoms with Crippen molar-refractivity contribution in [3.63, 3.8) is 0 Å². The van der Waals surface area contributed by atoms with Crippen LogP contribution in [0.3, 0.4) is 0 Å². The molecule has 1 aliphatic rings. The second-order valence-corrected chi connectivity index (χ2v) is 5.78. The molecule has 0 spiro atoms. The first kappa shape index (κ1) is 11.7. The van der Waals surface area contributed by atoms with Crippen molar-refractivity contribution in [2.45, 2.75) is 6.42 Å². The van der Waals surface area contributed by atoms with E-state index in [1.54, 1.807) is 12.1 Å². The maximum absolute atomic E-state index is 11.3. The average molecular weight is 329 g/mol. The van der Waals surface area contributed by atoms with Gasteiger partial charge in [-0.25, -0.2) is 4.79 Å². The van der Waals surface area contributed by atoms with E-state index < -0.39 is 5.97 Å². The van der Waals surface area contributed by atoms with Crippen LogP contribution in [0.1, 0.15) is 21.5 Å². The first-order valence-corrected chi connectivity index (χ1v) is 7.01. The minimum Gasteiger partial charge on any atom is -0.478 e. The lowest BCUT2D eigenvalue weighted by Gasteiger charge is -2.03. The highest BCUT2D eigenvalue weighted by atomic mass is 79.9. The van der Waals surface area contributed by atoms with Crippen LogP contribution in [0, 0.1) is 0 Å². The van der Waals surface area contributed by atoms with Crippen LogP contribution < -0.4 is 0 Å². The summed E-state index contributed by atoms with van der Waals surface area (Å²) in [5.74, 6) is -0.0892. The highest BCUT2D eigenvalue weighted by Gasteiger charge is 2.28. The van der Waals surface area contributed by atoms with Gasteiger partial charge in [0, 0.05) is 27.4 Å². The van der Waals surface area contributed by atoms with Crippen molar-refractivity contribution in [2.75, 3.05) is 0 Å². The third kappa shape index (κ3) is 1.48. The van der Waals surface area contributed by atoms with Gasteiger partial charge in [-0.3, -0.25) is 0 Å². The van der Waals surface area contributed by atoms with Crippen molar-refractivity contribution in [1.29, 1.82) is 0 Å². The second-order valence-electron chi connectivity index (χ2n) is 4.86. The smallest absolute Gasteiger partial charge is 0.335 e. The van der Waals surface area contributed by atoms with Gasteiger partial charge in [-0.05, 0) is 29.8 Å². The number of carboxylic acid groups (broad SMARTS) is 1. The molecule has 0 bridgehead atoms. The molecule has 2 aromatic carbocycles. The van der Waals surface area contributed by atoms with E-state index in [4.69, 9.17) is 4.42 Å². The number of rotatable bonds is 1.